The Balaban J connectivity index is 1.60. The molecule has 0 bridgehead atoms. The number of rotatable bonds is 6. The van der Waals surface area contributed by atoms with Crippen LogP contribution in [0.25, 0.3) is 0 Å². The fourth-order valence-electron chi connectivity index (χ4n) is 3.99. The maximum atomic E-state index is 12.5. The second-order valence-corrected chi connectivity index (χ2v) is 7.57. The van der Waals surface area contributed by atoms with Gasteiger partial charge in [-0.25, -0.2) is 4.98 Å². The normalized spacial score (nSPS) is 15.7. The first-order valence-corrected chi connectivity index (χ1v) is 10.1. The van der Waals surface area contributed by atoms with Gasteiger partial charge in [-0.2, -0.15) is 5.26 Å². The highest BCUT2D eigenvalue weighted by atomic mass is 16.5. The number of nitrogens with zero attached hydrogens (tertiary/aromatic N) is 4. The van der Waals surface area contributed by atoms with Crippen molar-refractivity contribution in [3.63, 3.8) is 0 Å². The van der Waals surface area contributed by atoms with E-state index in [0.717, 1.165) is 28.3 Å². The summed E-state index contributed by atoms with van der Waals surface area (Å²) in [5.41, 5.74) is 4.75. The Labute approximate surface area is 181 Å². The van der Waals surface area contributed by atoms with Crippen molar-refractivity contribution in [1.82, 2.24) is 14.5 Å². The number of fused-ring (bicyclic) bond motifs is 1. The van der Waals surface area contributed by atoms with E-state index in [1.54, 1.807) is 13.2 Å². The molecule has 7 heteroatoms. The van der Waals surface area contributed by atoms with Crippen LogP contribution >= 0.6 is 0 Å². The molecular weight excluding hydrogens is 392 g/mol. The van der Waals surface area contributed by atoms with Crippen molar-refractivity contribution in [3.05, 3.63) is 82.9 Å². The third kappa shape index (κ3) is 4.44. The first-order chi connectivity index (χ1) is 15.1. The minimum Gasteiger partial charge on any atom is -0.497 e. The number of esters is 1. The zero-order valence-corrected chi connectivity index (χ0v) is 17.6. The van der Waals surface area contributed by atoms with Crippen molar-refractivity contribution in [2.75, 3.05) is 14.2 Å². The van der Waals surface area contributed by atoms with E-state index < -0.39 is 6.04 Å². The van der Waals surface area contributed by atoms with Crippen LogP contribution in [0.15, 0.2) is 54.9 Å². The number of ether oxygens (including phenoxy) is 2. The maximum Gasteiger partial charge on any atom is 0.323 e. The average Bonchev–Trinajstić information content (AvgIpc) is 3.20. The molecule has 0 unspecified atom stereocenters. The molecule has 2 aromatic carbocycles. The lowest BCUT2D eigenvalue weighted by Gasteiger charge is -2.34. The molecule has 0 radical (unpaired) electrons. The number of hydrogen-bond donors (Lipinski definition) is 0. The summed E-state index contributed by atoms with van der Waals surface area (Å²) in [5.74, 6) is 0.551. The molecule has 1 aromatic heterocycles. The molecule has 0 N–H and O–H groups in total. The van der Waals surface area contributed by atoms with E-state index in [1.165, 1.54) is 7.11 Å². The van der Waals surface area contributed by atoms with E-state index in [4.69, 9.17) is 9.47 Å². The topological polar surface area (TPSA) is 80.4 Å². The highest BCUT2D eigenvalue weighted by molar-refractivity contribution is 5.76. The highest BCUT2D eigenvalue weighted by Crippen LogP contribution is 2.26. The summed E-state index contributed by atoms with van der Waals surface area (Å²) in [6.07, 6.45) is 2.33. The molecule has 0 saturated carbocycles. The van der Waals surface area contributed by atoms with Gasteiger partial charge < -0.3 is 14.0 Å². The lowest BCUT2D eigenvalue weighted by molar-refractivity contribution is -0.148. The molecule has 3 aromatic rings. The second-order valence-electron chi connectivity index (χ2n) is 7.57. The SMILES string of the molecule is COC(=O)[C@@H]1Cc2ncn(Cc3ccc(OC)cc3)c2CN1Cc1cccc(C#N)c1. The molecule has 2 heterocycles. The van der Waals surface area contributed by atoms with Gasteiger partial charge in [0.15, 0.2) is 0 Å². The highest BCUT2D eigenvalue weighted by Gasteiger charge is 2.34. The van der Waals surface area contributed by atoms with Crippen LogP contribution in [0.4, 0.5) is 0 Å². The van der Waals surface area contributed by atoms with Crippen LogP contribution in [0.2, 0.25) is 0 Å². The Kier molecular flexibility index (Phi) is 6.01. The Bertz CT molecular complexity index is 1110. The number of imidazole rings is 1. The van der Waals surface area contributed by atoms with Gasteiger partial charge in [0.1, 0.15) is 11.8 Å². The van der Waals surface area contributed by atoms with Gasteiger partial charge in [0.25, 0.3) is 0 Å². The van der Waals surface area contributed by atoms with Crippen LogP contribution in [0.3, 0.4) is 0 Å². The van der Waals surface area contributed by atoms with Crippen molar-refractivity contribution in [3.8, 4) is 11.8 Å². The number of nitriles is 1. The minimum absolute atomic E-state index is 0.271. The van der Waals surface area contributed by atoms with Crippen molar-refractivity contribution in [1.29, 1.82) is 5.26 Å². The van der Waals surface area contributed by atoms with Gasteiger partial charge in [-0.15, -0.1) is 0 Å². The van der Waals surface area contributed by atoms with Crippen molar-refractivity contribution >= 4 is 5.97 Å². The molecule has 0 aliphatic carbocycles. The number of carbonyl (C=O) groups excluding carboxylic acids is 1. The van der Waals surface area contributed by atoms with Crippen LogP contribution in [0, 0.1) is 11.3 Å². The van der Waals surface area contributed by atoms with E-state index in [9.17, 15) is 10.1 Å². The minimum atomic E-state index is -0.410. The number of methoxy groups -OCH3 is 2. The van der Waals surface area contributed by atoms with Crippen LogP contribution in [-0.2, 0) is 35.6 Å². The zero-order chi connectivity index (χ0) is 21.8. The third-order valence-corrected chi connectivity index (χ3v) is 5.64. The monoisotopic (exact) mass is 416 g/mol. The lowest BCUT2D eigenvalue weighted by Crippen LogP contribution is -2.46. The largest absolute Gasteiger partial charge is 0.497 e. The van der Waals surface area contributed by atoms with Gasteiger partial charge >= 0.3 is 5.97 Å². The number of hydrogen-bond acceptors (Lipinski definition) is 6. The first kappa shape index (κ1) is 20.6. The standard InChI is InChI=1S/C24H24N4O3/c1-30-20-8-6-17(7-9-20)13-28-16-26-21-11-22(24(29)31-2)27(15-23(21)28)14-19-5-3-4-18(10-19)12-25/h3-10,16,22H,11,13-15H2,1-2H3/t22-/m0/s1. The molecule has 0 saturated heterocycles. The Morgan fingerprint density at radius 1 is 1.16 bits per heavy atom. The smallest absolute Gasteiger partial charge is 0.323 e. The fourth-order valence-corrected chi connectivity index (χ4v) is 3.99. The first-order valence-electron chi connectivity index (χ1n) is 10.1. The summed E-state index contributed by atoms with van der Waals surface area (Å²) < 4.78 is 12.4. The fraction of sp³-hybridized carbons (Fsp3) is 0.292. The molecule has 0 spiro atoms. The van der Waals surface area contributed by atoms with Crippen molar-refractivity contribution in [2.45, 2.75) is 32.1 Å². The van der Waals surface area contributed by atoms with E-state index in [0.29, 0.717) is 31.6 Å². The van der Waals surface area contributed by atoms with E-state index >= 15 is 0 Å². The number of carbonyl (C=O) groups is 1. The molecular formula is C24H24N4O3. The van der Waals surface area contributed by atoms with Gasteiger partial charge in [0.05, 0.1) is 43.6 Å². The van der Waals surface area contributed by atoms with Crippen LogP contribution in [-0.4, -0.2) is 40.7 Å². The van der Waals surface area contributed by atoms with Gasteiger partial charge in [-0.05, 0) is 35.4 Å². The molecule has 0 fully saturated rings. The summed E-state index contributed by atoms with van der Waals surface area (Å²) in [6, 6.07) is 17.2. The molecule has 1 aliphatic heterocycles. The molecule has 4 rings (SSSR count). The summed E-state index contributed by atoms with van der Waals surface area (Å²) in [6.45, 7) is 1.80. The average molecular weight is 416 g/mol. The van der Waals surface area contributed by atoms with Crippen LogP contribution in [0.5, 0.6) is 5.75 Å². The second kappa shape index (κ2) is 9.02. The van der Waals surface area contributed by atoms with Gasteiger partial charge in [0.2, 0.25) is 0 Å². The van der Waals surface area contributed by atoms with Crippen LogP contribution < -0.4 is 4.74 Å². The number of aromatic nitrogens is 2. The maximum absolute atomic E-state index is 12.5. The van der Waals surface area contributed by atoms with Crippen molar-refractivity contribution < 1.29 is 14.3 Å². The van der Waals surface area contributed by atoms with E-state index in [-0.39, 0.29) is 5.97 Å². The molecule has 1 aliphatic rings. The quantitative estimate of drug-likeness (QED) is 0.575. The van der Waals surface area contributed by atoms with Crippen molar-refractivity contribution in [2.24, 2.45) is 0 Å². The molecule has 31 heavy (non-hydrogen) atoms. The van der Waals surface area contributed by atoms with Gasteiger partial charge in [-0.3, -0.25) is 9.69 Å². The predicted molar refractivity (Wildman–Crippen MR) is 114 cm³/mol. The van der Waals surface area contributed by atoms with Gasteiger partial charge in [-0.1, -0.05) is 24.3 Å². The Morgan fingerprint density at radius 3 is 2.68 bits per heavy atom. The Hall–Kier alpha value is -3.63. The third-order valence-electron chi connectivity index (χ3n) is 5.64. The van der Waals surface area contributed by atoms with Crippen LogP contribution in [0.1, 0.15) is 28.1 Å². The zero-order valence-electron chi connectivity index (χ0n) is 17.6. The van der Waals surface area contributed by atoms with E-state index in [1.807, 2.05) is 48.8 Å². The summed E-state index contributed by atoms with van der Waals surface area (Å²) in [7, 11) is 3.06. The lowest BCUT2D eigenvalue weighted by atomic mass is 10.0. The molecule has 7 nitrogen and oxygen atoms in total. The number of benzene rings is 2. The van der Waals surface area contributed by atoms with E-state index in [2.05, 4.69) is 20.5 Å². The van der Waals surface area contributed by atoms with Gasteiger partial charge in [0, 0.05) is 26.1 Å². The predicted octanol–water partition coefficient (Wildman–Crippen LogP) is 2.91. The molecule has 0 amide bonds. The molecule has 1 atom stereocenters. The summed E-state index contributed by atoms with van der Waals surface area (Å²) in [5, 5.41) is 9.20. The summed E-state index contributed by atoms with van der Waals surface area (Å²) >= 11 is 0. The Morgan fingerprint density at radius 2 is 1.97 bits per heavy atom. The molecule has 158 valence electrons. The summed E-state index contributed by atoms with van der Waals surface area (Å²) in [4.78, 5) is 19.2.